The van der Waals surface area contributed by atoms with Gasteiger partial charge in [0.2, 0.25) is 0 Å². The molecule has 2 atom stereocenters. The van der Waals surface area contributed by atoms with Gasteiger partial charge in [-0.15, -0.1) is 0 Å². The molecular formula is C68H60O2Ti. The second kappa shape index (κ2) is 25.4. The molecule has 10 rings (SSSR count). The maximum absolute atomic E-state index is 11.8. The van der Waals surface area contributed by atoms with Crippen LogP contribution in [-0.4, -0.2) is 10.2 Å². The molecule has 0 aliphatic rings. The van der Waals surface area contributed by atoms with Crippen molar-refractivity contribution in [2.45, 2.75) is 26.7 Å². The Labute approximate surface area is 436 Å². The average molecular weight is 957 g/mol. The van der Waals surface area contributed by atoms with Gasteiger partial charge < -0.3 is 24.1 Å². The summed E-state index contributed by atoms with van der Waals surface area (Å²) >= 11 is 0. The van der Waals surface area contributed by atoms with Crippen molar-refractivity contribution in [3.63, 3.8) is 0 Å². The molecule has 0 aliphatic heterocycles. The van der Waals surface area contributed by atoms with Crippen molar-refractivity contribution in [2.75, 3.05) is 0 Å². The Morgan fingerprint density at radius 1 is 0.282 bits per heavy atom. The van der Waals surface area contributed by atoms with Gasteiger partial charge in [-0.2, -0.15) is 11.8 Å². The number of hydrogen-bond donors (Lipinski definition) is 2. The van der Waals surface area contributed by atoms with Crippen LogP contribution in [0.2, 0.25) is 0 Å². The molecule has 0 fully saturated rings. The quantitative estimate of drug-likeness (QED) is 0.100. The zero-order valence-electron chi connectivity index (χ0n) is 40.6. The number of phenolic OH excluding ortho intramolecular Hbond substituents is 2. The summed E-state index contributed by atoms with van der Waals surface area (Å²) in [5.41, 5.74) is 15.8. The smallest absolute Gasteiger partial charge is 0.507 e. The van der Waals surface area contributed by atoms with Crippen LogP contribution in [0.5, 0.6) is 11.5 Å². The molecule has 3 heteroatoms. The van der Waals surface area contributed by atoms with Crippen LogP contribution in [0.4, 0.5) is 0 Å². The molecule has 0 aliphatic carbocycles. The summed E-state index contributed by atoms with van der Waals surface area (Å²) in [6, 6.07) is 86.1. The Kier molecular flexibility index (Phi) is 18.4. The second-order valence-electron chi connectivity index (χ2n) is 17.4. The van der Waals surface area contributed by atoms with E-state index in [4.69, 9.17) is 0 Å². The van der Waals surface area contributed by atoms with Crippen molar-refractivity contribution >= 4 is 0 Å². The van der Waals surface area contributed by atoms with Crippen LogP contribution >= 0.6 is 0 Å². The molecule has 0 saturated carbocycles. The summed E-state index contributed by atoms with van der Waals surface area (Å²) in [4.78, 5) is 0. The van der Waals surface area contributed by atoms with Crippen molar-refractivity contribution in [1.29, 1.82) is 0 Å². The maximum Gasteiger partial charge on any atom is 2.00 e. The van der Waals surface area contributed by atoms with E-state index in [1.54, 1.807) is 0 Å². The molecule has 71 heavy (non-hydrogen) atoms. The largest absolute Gasteiger partial charge is 2.00 e. The molecule has 0 spiro atoms. The first-order valence-corrected chi connectivity index (χ1v) is 24.3. The number of rotatable bonds is 11. The van der Waals surface area contributed by atoms with E-state index in [0.29, 0.717) is 23.3 Å². The zero-order valence-corrected chi connectivity index (χ0v) is 42.2. The van der Waals surface area contributed by atoms with Gasteiger partial charge in [0.1, 0.15) is 11.5 Å². The summed E-state index contributed by atoms with van der Waals surface area (Å²) in [5.74, 6) is 1.72. The Hall–Kier alpha value is -7.49. The van der Waals surface area contributed by atoms with Crippen LogP contribution in [0, 0.1) is 25.7 Å². The van der Waals surface area contributed by atoms with Crippen LogP contribution in [0.15, 0.2) is 255 Å². The molecular weight excluding hydrogens is 897 g/mol. The minimum absolute atomic E-state index is 0. The fourth-order valence-corrected chi connectivity index (χ4v) is 8.97. The molecule has 348 valence electrons. The predicted molar refractivity (Wildman–Crippen MR) is 298 cm³/mol. The fraction of sp³-hybridized carbons (Fsp3) is 0.0882. The molecule has 0 saturated heterocycles. The molecule has 0 aromatic heterocycles. The monoisotopic (exact) mass is 956 g/mol. The third-order valence-electron chi connectivity index (χ3n) is 12.9. The van der Waals surface area contributed by atoms with Crippen LogP contribution in [0.1, 0.15) is 26.7 Å². The third kappa shape index (κ3) is 12.3. The van der Waals surface area contributed by atoms with E-state index in [1.165, 1.54) is 0 Å². The standard InChI is InChI=1S/2C30H22O.C8H16.Ti/c2*31-30-28(24-17-9-3-10-18-24)26(22-13-5-1-6-14-22)21-27(23-15-7-2-8-16-23)29(30)25-19-11-4-12-20-25;1-5-7(3)8(4)6-2;/h2*1-21,31H;7-8H,3-6H2,1-2H3;/q;;-2;+2/t;;7-,8-;/m..0./s1. The van der Waals surface area contributed by atoms with E-state index in [1.807, 2.05) is 146 Å². The van der Waals surface area contributed by atoms with Gasteiger partial charge in [0.15, 0.2) is 0 Å². The number of aromatic hydroxyl groups is 2. The summed E-state index contributed by atoms with van der Waals surface area (Å²) in [6.07, 6.45) is 2.31. The van der Waals surface area contributed by atoms with Gasteiger partial charge in [-0.05, 0) is 78.9 Å². The molecule has 2 nitrogen and oxygen atoms in total. The van der Waals surface area contributed by atoms with E-state index >= 15 is 0 Å². The van der Waals surface area contributed by atoms with Crippen LogP contribution in [-0.2, 0) is 21.7 Å². The average Bonchev–Trinajstić information content (AvgIpc) is 3.44. The predicted octanol–water partition coefficient (Wildman–Crippen LogP) is 18.8. The Morgan fingerprint density at radius 2 is 0.437 bits per heavy atom. The van der Waals surface area contributed by atoms with Crippen molar-refractivity contribution < 1.29 is 31.9 Å². The van der Waals surface area contributed by atoms with Crippen molar-refractivity contribution in [3.8, 4) is 101 Å². The minimum atomic E-state index is 0. The summed E-state index contributed by atoms with van der Waals surface area (Å²) in [6.45, 7) is 12.2. The number of hydrogen-bond acceptors (Lipinski definition) is 2. The molecule has 2 N–H and O–H groups in total. The van der Waals surface area contributed by atoms with E-state index in [-0.39, 0.29) is 21.7 Å². The van der Waals surface area contributed by atoms with Crippen LogP contribution in [0.3, 0.4) is 0 Å². The molecule has 10 aromatic rings. The molecule has 0 heterocycles. The van der Waals surface area contributed by atoms with E-state index in [2.05, 4.69) is 137 Å². The first-order valence-electron chi connectivity index (χ1n) is 24.3. The van der Waals surface area contributed by atoms with Crippen LogP contribution in [0.25, 0.3) is 89.0 Å². The summed E-state index contributed by atoms with van der Waals surface area (Å²) in [7, 11) is 0. The zero-order chi connectivity index (χ0) is 48.7. The normalized spacial score (nSPS) is 11.4. The number of benzene rings is 10. The second-order valence-corrected chi connectivity index (χ2v) is 17.4. The minimum Gasteiger partial charge on any atom is -0.507 e. The first-order chi connectivity index (χ1) is 34.4. The van der Waals surface area contributed by atoms with Gasteiger partial charge in [-0.3, -0.25) is 0 Å². The SMILES string of the molecule is Oc1c(-c2ccccc2)c(-c2ccccc2)cc(-c2ccccc2)c1-c1ccccc1.Oc1c(-c2ccccc2)c(-c2ccccc2)cc(-c2ccccc2)c1-c1ccccc1.[CH2-][C@@H](CC)[C@@H]([CH2-])CC.[Ti+2]. The number of phenols is 2. The van der Waals surface area contributed by atoms with Crippen molar-refractivity contribution in [3.05, 3.63) is 269 Å². The van der Waals surface area contributed by atoms with Gasteiger partial charge >= 0.3 is 21.7 Å². The molecule has 0 unspecified atom stereocenters. The van der Waals surface area contributed by atoms with Crippen LogP contribution < -0.4 is 0 Å². The van der Waals surface area contributed by atoms with E-state index < -0.39 is 0 Å². The molecule has 0 amide bonds. The first kappa shape index (κ1) is 51.4. The van der Waals surface area contributed by atoms with Crippen molar-refractivity contribution in [1.82, 2.24) is 0 Å². The van der Waals surface area contributed by atoms with Gasteiger partial charge in [-0.25, -0.2) is 0 Å². The summed E-state index contributed by atoms with van der Waals surface area (Å²) in [5, 5.41) is 23.6. The molecule has 10 aromatic carbocycles. The Bertz CT molecular complexity index is 2740. The van der Waals surface area contributed by atoms with Gasteiger partial charge in [-0.1, -0.05) is 269 Å². The molecule has 0 bridgehead atoms. The maximum atomic E-state index is 11.8. The van der Waals surface area contributed by atoms with Gasteiger partial charge in [0, 0.05) is 22.3 Å². The molecule has 0 radical (unpaired) electrons. The summed E-state index contributed by atoms with van der Waals surface area (Å²) < 4.78 is 0. The van der Waals surface area contributed by atoms with Gasteiger partial charge in [0.05, 0.1) is 0 Å². The topological polar surface area (TPSA) is 40.5 Å². The van der Waals surface area contributed by atoms with Gasteiger partial charge in [0.25, 0.3) is 0 Å². The Morgan fingerprint density at radius 3 is 0.592 bits per heavy atom. The van der Waals surface area contributed by atoms with Crippen molar-refractivity contribution in [2.24, 2.45) is 11.8 Å². The van der Waals surface area contributed by atoms with E-state index in [0.717, 1.165) is 102 Å². The Balaban J connectivity index is 0.000000179. The van der Waals surface area contributed by atoms with E-state index in [9.17, 15) is 10.2 Å². The third-order valence-corrected chi connectivity index (χ3v) is 12.9. The fourth-order valence-electron chi connectivity index (χ4n) is 8.97.